The number of hydrogen-bond donors (Lipinski definition) is 1. The highest BCUT2D eigenvalue weighted by Gasteiger charge is 2.28. The molecule has 0 radical (unpaired) electrons. The first-order valence-electron chi connectivity index (χ1n) is 10.3. The summed E-state index contributed by atoms with van der Waals surface area (Å²) in [6.07, 6.45) is 3.56. The zero-order valence-electron chi connectivity index (χ0n) is 18.2. The van der Waals surface area contributed by atoms with Gasteiger partial charge in [0.05, 0.1) is 18.6 Å². The van der Waals surface area contributed by atoms with Crippen molar-refractivity contribution in [2.75, 3.05) is 23.7 Å². The fourth-order valence-electron chi connectivity index (χ4n) is 3.28. The van der Waals surface area contributed by atoms with E-state index in [0.717, 1.165) is 42.4 Å². The smallest absolute Gasteiger partial charge is 0.243 e. The lowest BCUT2D eigenvalue weighted by Crippen LogP contribution is -2.48. The van der Waals surface area contributed by atoms with E-state index in [0.29, 0.717) is 18.8 Å². The topological polar surface area (TPSA) is 75.7 Å². The lowest BCUT2D eigenvalue weighted by atomic mass is 10.1. The second-order valence-corrected chi connectivity index (χ2v) is 9.28. The Balaban J connectivity index is 1.97. The van der Waals surface area contributed by atoms with Crippen molar-refractivity contribution in [3.05, 3.63) is 59.7 Å². The molecule has 1 N–H and O–H groups in total. The fraction of sp³-hybridized carbons (Fsp3) is 0.435. The number of benzene rings is 2. The summed E-state index contributed by atoms with van der Waals surface area (Å²) in [5.74, 6) is 0.555. The monoisotopic (exact) mass is 432 g/mol. The lowest BCUT2D eigenvalue weighted by molar-refractivity contribution is -0.121. The minimum Gasteiger partial charge on any atom is -0.493 e. The number of carbonyl (C=O) groups is 1. The van der Waals surface area contributed by atoms with Crippen LogP contribution in [0.15, 0.2) is 48.5 Å². The summed E-state index contributed by atoms with van der Waals surface area (Å²) in [5, 5.41) is 2.87. The Morgan fingerprint density at radius 1 is 1.17 bits per heavy atom. The van der Waals surface area contributed by atoms with Crippen LogP contribution in [0.25, 0.3) is 0 Å². The highest BCUT2D eigenvalue weighted by molar-refractivity contribution is 7.92. The Morgan fingerprint density at radius 3 is 2.57 bits per heavy atom. The maximum atomic E-state index is 12.7. The summed E-state index contributed by atoms with van der Waals surface area (Å²) in [7, 11) is -3.61. The van der Waals surface area contributed by atoms with Gasteiger partial charge in [-0.2, -0.15) is 0 Å². The van der Waals surface area contributed by atoms with Crippen LogP contribution in [0.3, 0.4) is 0 Å². The third-order valence-corrected chi connectivity index (χ3v) is 5.94. The molecule has 2 aromatic rings. The Morgan fingerprint density at radius 2 is 1.90 bits per heavy atom. The van der Waals surface area contributed by atoms with Gasteiger partial charge >= 0.3 is 0 Å². The lowest BCUT2D eigenvalue weighted by Gasteiger charge is -2.28. The van der Waals surface area contributed by atoms with E-state index in [4.69, 9.17) is 4.74 Å². The predicted molar refractivity (Wildman–Crippen MR) is 122 cm³/mol. The number of rotatable bonds is 11. The van der Waals surface area contributed by atoms with Crippen LogP contribution in [-0.2, 0) is 21.2 Å². The fourth-order valence-corrected chi connectivity index (χ4v) is 4.44. The second kappa shape index (κ2) is 11.0. The SMILES string of the molecule is CCCOc1ccccc1CCCNC(=O)[C@H](C)N(c1cccc(C)c1)S(C)(=O)=O. The Bertz CT molecular complexity index is 944. The average molecular weight is 433 g/mol. The molecule has 2 aromatic carbocycles. The van der Waals surface area contributed by atoms with Gasteiger partial charge in [0.25, 0.3) is 0 Å². The molecule has 7 heteroatoms. The first-order chi connectivity index (χ1) is 14.2. The molecule has 0 saturated heterocycles. The van der Waals surface area contributed by atoms with Gasteiger partial charge in [0.15, 0.2) is 0 Å². The molecule has 0 bridgehead atoms. The molecular formula is C23H32N2O4S. The van der Waals surface area contributed by atoms with Crippen molar-refractivity contribution in [3.8, 4) is 5.75 Å². The Labute approximate surface area is 180 Å². The first-order valence-corrected chi connectivity index (χ1v) is 12.1. The zero-order chi connectivity index (χ0) is 22.1. The number of para-hydroxylation sites is 1. The zero-order valence-corrected chi connectivity index (χ0v) is 19.0. The van der Waals surface area contributed by atoms with Gasteiger partial charge in [-0.15, -0.1) is 0 Å². The summed E-state index contributed by atoms with van der Waals surface area (Å²) < 4.78 is 31.7. The van der Waals surface area contributed by atoms with E-state index in [1.807, 2.05) is 37.3 Å². The average Bonchev–Trinajstić information content (AvgIpc) is 2.69. The van der Waals surface area contributed by atoms with Crippen LogP contribution in [0.1, 0.15) is 37.8 Å². The molecule has 0 unspecified atom stereocenters. The van der Waals surface area contributed by atoms with Crippen molar-refractivity contribution in [2.24, 2.45) is 0 Å². The molecule has 0 heterocycles. The van der Waals surface area contributed by atoms with Gasteiger partial charge in [-0.3, -0.25) is 9.10 Å². The minimum atomic E-state index is -3.61. The third kappa shape index (κ3) is 6.76. The number of sulfonamides is 1. The van der Waals surface area contributed by atoms with Crippen molar-refractivity contribution in [1.29, 1.82) is 0 Å². The van der Waals surface area contributed by atoms with Crippen molar-refractivity contribution < 1.29 is 17.9 Å². The van der Waals surface area contributed by atoms with Crippen LogP contribution in [0.5, 0.6) is 5.75 Å². The minimum absolute atomic E-state index is 0.322. The predicted octanol–water partition coefficient (Wildman–Crippen LogP) is 3.69. The largest absolute Gasteiger partial charge is 0.493 e. The van der Waals surface area contributed by atoms with Gasteiger partial charge < -0.3 is 10.1 Å². The van der Waals surface area contributed by atoms with Gasteiger partial charge in [-0.1, -0.05) is 37.3 Å². The number of anilines is 1. The Kier molecular flexibility index (Phi) is 8.72. The van der Waals surface area contributed by atoms with Gasteiger partial charge in [0.2, 0.25) is 15.9 Å². The van der Waals surface area contributed by atoms with Crippen molar-refractivity contribution >= 4 is 21.6 Å². The molecule has 1 amide bonds. The number of hydrogen-bond acceptors (Lipinski definition) is 4. The van der Waals surface area contributed by atoms with E-state index in [2.05, 4.69) is 12.2 Å². The van der Waals surface area contributed by atoms with Gasteiger partial charge in [-0.25, -0.2) is 8.42 Å². The van der Waals surface area contributed by atoms with E-state index in [9.17, 15) is 13.2 Å². The van der Waals surface area contributed by atoms with Gasteiger partial charge in [0, 0.05) is 6.54 Å². The number of ether oxygens (including phenoxy) is 1. The number of nitrogens with one attached hydrogen (secondary N) is 1. The van der Waals surface area contributed by atoms with Gasteiger partial charge in [0.1, 0.15) is 11.8 Å². The maximum absolute atomic E-state index is 12.7. The highest BCUT2D eigenvalue weighted by atomic mass is 32.2. The summed E-state index contributed by atoms with van der Waals surface area (Å²) >= 11 is 0. The number of aryl methyl sites for hydroxylation is 2. The molecule has 0 aliphatic heterocycles. The van der Waals surface area contributed by atoms with Crippen LogP contribution in [0.4, 0.5) is 5.69 Å². The van der Waals surface area contributed by atoms with Crippen LogP contribution in [0, 0.1) is 6.92 Å². The van der Waals surface area contributed by atoms with Crippen LogP contribution in [0.2, 0.25) is 0 Å². The summed E-state index contributed by atoms with van der Waals surface area (Å²) in [5.41, 5.74) is 2.52. The normalized spacial score (nSPS) is 12.3. The van der Waals surface area contributed by atoms with Crippen LogP contribution >= 0.6 is 0 Å². The standard InChI is InChI=1S/C23H32N2O4S/c1-5-16-29-22-14-7-6-11-20(22)12-9-15-24-23(26)19(3)25(30(4,27)28)21-13-8-10-18(2)17-21/h6-8,10-11,13-14,17,19H,5,9,12,15-16H2,1-4H3,(H,24,26)/t19-/m0/s1. The molecule has 30 heavy (non-hydrogen) atoms. The quantitative estimate of drug-likeness (QED) is 0.550. The molecule has 2 rings (SSSR count). The van der Waals surface area contributed by atoms with Crippen molar-refractivity contribution in [1.82, 2.24) is 5.32 Å². The molecule has 6 nitrogen and oxygen atoms in total. The third-order valence-electron chi connectivity index (χ3n) is 4.70. The summed E-state index contributed by atoms with van der Waals surface area (Å²) in [6.45, 7) is 6.68. The molecule has 0 fully saturated rings. The van der Waals surface area contributed by atoms with E-state index < -0.39 is 16.1 Å². The Hall–Kier alpha value is -2.54. The van der Waals surface area contributed by atoms with Crippen molar-refractivity contribution in [2.45, 2.75) is 46.1 Å². The van der Waals surface area contributed by atoms with E-state index in [1.54, 1.807) is 25.1 Å². The number of carbonyl (C=O) groups excluding carboxylic acids is 1. The van der Waals surface area contributed by atoms with Crippen LogP contribution in [-0.4, -0.2) is 39.8 Å². The number of amides is 1. The second-order valence-electron chi connectivity index (χ2n) is 7.42. The number of nitrogens with zero attached hydrogens (tertiary/aromatic N) is 1. The molecule has 0 saturated carbocycles. The molecule has 1 atom stereocenters. The molecule has 164 valence electrons. The highest BCUT2D eigenvalue weighted by Crippen LogP contribution is 2.22. The molecular weight excluding hydrogens is 400 g/mol. The summed E-state index contributed by atoms with van der Waals surface area (Å²) in [4.78, 5) is 12.7. The van der Waals surface area contributed by atoms with Crippen molar-refractivity contribution in [3.63, 3.8) is 0 Å². The maximum Gasteiger partial charge on any atom is 0.243 e. The van der Waals surface area contributed by atoms with Gasteiger partial charge in [-0.05, 0) is 62.4 Å². The molecule has 0 aromatic heterocycles. The van der Waals surface area contributed by atoms with E-state index >= 15 is 0 Å². The molecule has 0 aliphatic rings. The first kappa shape index (κ1) is 23.7. The molecule has 0 spiro atoms. The van der Waals surface area contributed by atoms with Crippen LogP contribution < -0.4 is 14.4 Å². The van der Waals surface area contributed by atoms with E-state index in [1.165, 1.54) is 4.31 Å². The van der Waals surface area contributed by atoms with E-state index in [-0.39, 0.29) is 5.91 Å². The summed E-state index contributed by atoms with van der Waals surface area (Å²) in [6, 6.07) is 14.2. The molecule has 0 aliphatic carbocycles.